The van der Waals surface area contributed by atoms with Gasteiger partial charge in [-0.2, -0.15) is 10.2 Å². The van der Waals surface area contributed by atoms with Gasteiger partial charge in [-0.15, -0.1) is 0 Å². The monoisotopic (exact) mass is 422 g/mol. The molecule has 3 rings (SSSR count). The van der Waals surface area contributed by atoms with Crippen LogP contribution in [0.4, 0.5) is 11.5 Å². The summed E-state index contributed by atoms with van der Waals surface area (Å²) in [6.45, 7) is 3.65. The van der Waals surface area contributed by atoms with Crippen LogP contribution in [-0.4, -0.2) is 30.4 Å². The summed E-state index contributed by atoms with van der Waals surface area (Å²) in [6.07, 6.45) is 4.02. The second-order valence-electron chi connectivity index (χ2n) is 6.56. The first-order chi connectivity index (χ1) is 13.2. The van der Waals surface area contributed by atoms with E-state index in [9.17, 15) is 14.9 Å². The van der Waals surface area contributed by atoms with Gasteiger partial charge in [-0.3, -0.25) is 24.3 Å². The van der Waals surface area contributed by atoms with Gasteiger partial charge in [-0.25, -0.2) is 0 Å². The molecule has 0 saturated carbocycles. The average Bonchev–Trinajstić information content (AvgIpc) is 3.28. The Morgan fingerprint density at radius 2 is 2.04 bits per heavy atom. The SMILES string of the molecule is CC(C)(C(=O)Nc1ccn(Cc2ccc(Cl)c(Cl)c2)n1)n1cc([N+](=O)[O-])cn1. The molecule has 9 nitrogen and oxygen atoms in total. The minimum Gasteiger partial charge on any atom is -0.307 e. The van der Waals surface area contributed by atoms with Crippen molar-refractivity contribution < 1.29 is 9.72 Å². The number of carbonyl (C=O) groups is 1. The number of nitrogens with zero attached hydrogens (tertiary/aromatic N) is 5. The van der Waals surface area contributed by atoms with Crippen LogP contribution in [-0.2, 0) is 16.9 Å². The second kappa shape index (κ2) is 7.61. The molecule has 1 aromatic carbocycles. The predicted molar refractivity (Wildman–Crippen MR) is 105 cm³/mol. The Labute approximate surface area is 170 Å². The lowest BCUT2D eigenvalue weighted by molar-refractivity contribution is -0.385. The molecule has 0 fully saturated rings. The molecular formula is C17H16Cl2N6O3. The van der Waals surface area contributed by atoms with Crippen LogP contribution < -0.4 is 5.32 Å². The standard InChI is InChI=1S/C17H16Cl2N6O3/c1-17(2,24-10-12(8-20-24)25(27)28)16(26)21-15-5-6-23(22-15)9-11-3-4-13(18)14(19)7-11/h3-8,10H,9H2,1-2H3,(H,21,22,26). The summed E-state index contributed by atoms with van der Waals surface area (Å²) in [6, 6.07) is 6.94. The molecule has 0 aliphatic carbocycles. The van der Waals surface area contributed by atoms with Crippen LogP contribution in [0.15, 0.2) is 42.9 Å². The molecule has 1 N–H and O–H groups in total. The Bertz CT molecular complexity index is 1040. The van der Waals surface area contributed by atoms with Gasteiger partial charge in [0, 0.05) is 12.3 Å². The van der Waals surface area contributed by atoms with Gasteiger partial charge in [0.15, 0.2) is 5.82 Å². The van der Waals surface area contributed by atoms with Crippen molar-refractivity contribution in [3.05, 3.63) is 68.6 Å². The molecule has 0 saturated heterocycles. The highest BCUT2D eigenvalue weighted by Crippen LogP contribution is 2.23. The Morgan fingerprint density at radius 1 is 1.29 bits per heavy atom. The van der Waals surface area contributed by atoms with E-state index < -0.39 is 16.4 Å². The first-order valence-corrected chi connectivity index (χ1v) is 8.91. The average molecular weight is 423 g/mol. The van der Waals surface area contributed by atoms with Crippen molar-refractivity contribution in [1.82, 2.24) is 19.6 Å². The number of hydrogen-bond acceptors (Lipinski definition) is 5. The molecule has 0 aliphatic heterocycles. The smallest absolute Gasteiger partial charge is 0.307 e. The summed E-state index contributed by atoms with van der Waals surface area (Å²) in [5.74, 6) is -0.0647. The van der Waals surface area contributed by atoms with Gasteiger partial charge in [-0.1, -0.05) is 29.3 Å². The third-order valence-electron chi connectivity index (χ3n) is 4.12. The van der Waals surface area contributed by atoms with Crippen molar-refractivity contribution in [1.29, 1.82) is 0 Å². The summed E-state index contributed by atoms with van der Waals surface area (Å²) < 4.78 is 2.88. The summed E-state index contributed by atoms with van der Waals surface area (Å²) in [4.78, 5) is 22.9. The molecule has 28 heavy (non-hydrogen) atoms. The first kappa shape index (κ1) is 19.8. The number of nitrogens with one attached hydrogen (secondary N) is 1. The fourth-order valence-corrected chi connectivity index (χ4v) is 2.75. The minimum absolute atomic E-state index is 0.188. The molecule has 1 amide bonds. The molecule has 11 heteroatoms. The lowest BCUT2D eigenvalue weighted by atomic mass is 10.1. The normalized spacial score (nSPS) is 11.4. The van der Waals surface area contributed by atoms with Crippen molar-refractivity contribution in [2.75, 3.05) is 5.32 Å². The maximum atomic E-state index is 12.6. The molecule has 0 atom stereocenters. The van der Waals surface area contributed by atoms with Crippen LogP contribution in [0, 0.1) is 10.1 Å². The third-order valence-corrected chi connectivity index (χ3v) is 4.86. The van der Waals surface area contributed by atoms with Crippen molar-refractivity contribution in [3.63, 3.8) is 0 Å². The fourth-order valence-electron chi connectivity index (χ4n) is 2.43. The van der Waals surface area contributed by atoms with E-state index in [0.29, 0.717) is 22.4 Å². The maximum absolute atomic E-state index is 12.6. The molecule has 3 aromatic rings. The number of aromatic nitrogens is 4. The minimum atomic E-state index is -1.15. The van der Waals surface area contributed by atoms with Crippen molar-refractivity contribution >= 4 is 40.6 Å². The second-order valence-corrected chi connectivity index (χ2v) is 7.37. The van der Waals surface area contributed by atoms with Crippen LogP contribution in [0.5, 0.6) is 0 Å². The summed E-state index contributed by atoms with van der Waals surface area (Å²) in [5, 5.41) is 22.7. The number of amides is 1. The molecular weight excluding hydrogens is 407 g/mol. The van der Waals surface area contributed by atoms with Crippen LogP contribution in [0.3, 0.4) is 0 Å². The molecule has 0 bridgehead atoms. The summed E-state index contributed by atoms with van der Waals surface area (Å²) in [7, 11) is 0. The topological polar surface area (TPSA) is 108 Å². The molecule has 0 unspecified atom stereocenters. The van der Waals surface area contributed by atoms with E-state index in [1.54, 1.807) is 42.9 Å². The lowest BCUT2D eigenvalue weighted by Crippen LogP contribution is -2.40. The Balaban J connectivity index is 1.70. The molecule has 0 spiro atoms. The zero-order valence-corrected chi connectivity index (χ0v) is 16.5. The third kappa shape index (κ3) is 4.15. The van der Waals surface area contributed by atoms with Crippen molar-refractivity contribution in [3.8, 4) is 0 Å². The molecule has 146 valence electrons. The number of halogens is 2. The number of benzene rings is 1. The molecule has 2 heterocycles. The number of nitro groups is 1. The highest BCUT2D eigenvalue weighted by atomic mass is 35.5. The Hall–Kier alpha value is -2.91. The quantitative estimate of drug-likeness (QED) is 0.480. The van der Waals surface area contributed by atoms with Gasteiger partial charge in [0.05, 0.1) is 21.5 Å². The van der Waals surface area contributed by atoms with Gasteiger partial charge >= 0.3 is 5.69 Å². The Kier molecular flexibility index (Phi) is 5.39. The maximum Gasteiger partial charge on any atom is 0.307 e. The van der Waals surface area contributed by atoms with Crippen LogP contribution in [0.2, 0.25) is 10.0 Å². The molecule has 0 radical (unpaired) electrons. The van der Waals surface area contributed by atoms with E-state index in [1.807, 2.05) is 6.07 Å². The van der Waals surface area contributed by atoms with E-state index in [1.165, 1.54) is 10.9 Å². The largest absolute Gasteiger partial charge is 0.307 e. The number of anilines is 1. The van der Waals surface area contributed by atoms with Gasteiger partial charge in [0.2, 0.25) is 0 Å². The molecule has 0 aliphatic rings. The van der Waals surface area contributed by atoms with E-state index in [2.05, 4.69) is 15.5 Å². The van der Waals surface area contributed by atoms with E-state index >= 15 is 0 Å². The lowest BCUT2D eigenvalue weighted by Gasteiger charge is -2.23. The Morgan fingerprint density at radius 3 is 2.68 bits per heavy atom. The van der Waals surface area contributed by atoms with Gasteiger partial charge in [0.25, 0.3) is 5.91 Å². The zero-order valence-electron chi connectivity index (χ0n) is 15.0. The van der Waals surface area contributed by atoms with Crippen molar-refractivity contribution in [2.24, 2.45) is 0 Å². The zero-order chi connectivity index (χ0) is 20.5. The number of carbonyl (C=O) groups excluding carboxylic acids is 1. The summed E-state index contributed by atoms with van der Waals surface area (Å²) in [5.41, 5.74) is -0.437. The number of rotatable bonds is 6. The van der Waals surface area contributed by atoms with Gasteiger partial charge < -0.3 is 5.32 Å². The highest BCUT2D eigenvalue weighted by molar-refractivity contribution is 6.42. The first-order valence-electron chi connectivity index (χ1n) is 8.15. The van der Waals surface area contributed by atoms with E-state index in [0.717, 1.165) is 11.8 Å². The fraction of sp³-hybridized carbons (Fsp3) is 0.235. The van der Waals surface area contributed by atoms with Crippen LogP contribution in [0.1, 0.15) is 19.4 Å². The van der Waals surface area contributed by atoms with Crippen LogP contribution >= 0.6 is 23.2 Å². The van der Waals surface area contributed by atoms with E-state index in [4.69, 9.17) is 23.2 Å². The van der Waals surface area contributed by atoms with Gasteiger partial charge in [0.1, 0.15) is 17.9 Å². The predicted octanol–water partition coefficient (Wildman–Crippen LogP) is 3.72. The van der Waals surface area contributed by atoms with Gasteiger partial charge in [-0.05, 0) is 31.5 Å². The molecule has 2 aromatic heterocycles. The highest BCUT2D eigenvalue weighted by Gasteiger charge is 2.32. The number of hydrogen-bond donors (Lipinski definition) is 1. The summed E-state index contributed by atoms with van der Waals surface area (Å²) >= 11 is 11.9. The van der Waals surface area contributed by atoms with E-state index in [-0.39, 0.29) is 5.69 Å². The van der Waals surface area contributed by atoms with Crippen molar-refractivity contribution in [2.45, 2.75) is 25.9 Å². The van der Waals surface area contributed by atoms with Crippen LogP contribution in [0.25, 0.3) is 0 Å².